The molecule has 0 aromatic heterocycles. The van der Waals surface area contributed by atoms with Gasteiger partial charge in [-0.1, -0.05) is 25.5 Å². The minimum absolute atomic E-state index is 0.00240. The SMILES string of the molecule is COC(=O)c1cc2c(cc1OC)C=C[C@H]1[C@@](C)(C(=O)OC)CCC[C@]21C. The van der Waals surface area contributed by atoms with Crippen LogP contribution in [-0.2, 0) is 19.7 Å². The lowest BCUT2D eigenvalue weighted by Crippen LogP contribution is -2.51. The summed E-state index contributed by atoms with van der Waals surface area (Å²) >= 11 is 0. The van der Waals surface area contributed by atoms with E-state index in [-0.39, 0.29) is 17.3 Å². The van der Waals surface area contributed by atoms with Crippen molar-refractivity contribution in [2.45, 2.75) is 38.5 Å². The molecule has 0 N–H and O–H groups in total. The molecule has 0 amide bonds. The molecule has 26 heavy (non-hydrogen) atoms. The molecular weight excluding hydrogens is 332 g/mol. The van der Waals surface area contributed by atoms with Gasteiger partial charge in [0.05, 0.1) is 26.7 Å². The Hall–Kier alpha value is -2.30. The summed E-state index contributed by atoms with van der Waals surface area (Å²) < 4.78 is 15.4. The van der Waals surface area contributed by atoms with Gasteiger partial charge in [-0.3, -0.25) is 4.79 Å². The predicted molar refractivity (Wildman–Crippen MR) is 98.2 cm³/mol. The molecule has 0 spiro atoms. The Kier molecular flexibility index (Phi) is 4.59. The molecular formula is C21H26O5. The Morgan fingerprint density at radius 3 is 2.42 bits per heavy atom. The lowest BCUT2D eigenvalue weighted by atomic mass is 9.51. The smallest absolute Gasteiger partial charge is 0.341 e. The first-order valence-electron chi connectivity index (χ1n) is 8.89. The number of ether oxygens (including phenoxy) is 3. The largest absolute Gasteiger partial charge is 0.496 e. The number of hydrogen-bond acceptors (Lipinski definition) is 5. The van der Waals surface area contributed by atoms with Crippen LogP contribution in [0.4, 0.5) is 0 Å². The molecule has 3 atom stereocenters. The highest BCUT2D eigenvalue weighted by atomic mass is 16.5. The number of benzene rings is 1. The lowest BCUT2D eigenvalue weighted by molar-refractivity contribution is -0.158. The van der Waals surface area contributed by atoms with Gasteiger partial charge < -0.3 is 14.2 Å². The molecule has 5 heteroatoms. The third-order valence-electron chi connectivity index (χ3n) is 6.28. The van der Waals surface area contributed by atoms with Crippen molar-refractivity contribution < 1.29 is 23.8 Å². The Morgan fingerprint density at radius 1 is 1.08 bits per heavy atom. The molecule has 0 heterocycles. The zero-order valence-corrected chi connectivity index (χ0v) is 16.0. The van der Waals surface area contributed by atoms with Crippen molar-refractivity contribution in [1.82, 2.24) is 0 Å². The monoisotopic (exact) mass is 358 g/mol. The molecule has 0 bridgehead atoms. The summed E-state index contributed by atoms with van der Waals surface area (Å²) in [4.78, 5) is 24.8. The quantitative estimate of drug-likeness (QED) is 0.770. The number of esters is 2. The summed E-state index contributed by atoms with van der Waals surface area (Å²) in [5.74, 6) is -0.106. The first-order valence-corrected chi connectivity index (χ1v) is 8.89. The first kappa shape index (κ1) is 18.5. The van der Waals surface area contributed by atoms with E-state index in [1.165, 1.54) is 14.2 Å². The average Bonchev–Trinajstić information content (AvgIpc) is 2.65. The van der Waals surface area contributed by atoms with Crippen LogP contribution < -0.4 is 4.74 Å². The Labute approximate surface area is 154 Å². The predicted octanol–water partition coefficient (Wildman–Crippen LogP) is 3.75. The number of carbonyl (C=O) groups is 2. The number of rotatable bonds is 3. The van der Waals surface area contributed by atoms with E-state index in [1.54, 1.807) is 7.11 Å². The molecule has 3 rings (SSSR count). The number of allylic oxidation sites excluding steroid dienone is 1. The zero-order valence-electron chi connectivity index (χ0n) is 16.0. The minimum atomic E-state index is -0.582. The second-order valence-corrected chi connectivity index (χ2v) is 7.65. The van der Waals surface area contributed by atoms with Crippen LogP contribution in [0.2, 0.25) is 0 Å². The van der Waals surface area contributed by atoms with Gasteiger partial charge in [-0.05, 0) is 43.0 Å². The number of fused-ring (bicyclic) bond motifs is 3. The van der Waals surface area contributed by atoms with E-state index in [4.69, 9.17) is 14.2 Å². The Bertz CT molecular complexity index is 781. The molecule has 2 aliphatic carbocycles. The fourth-order valence-electron chi connectivity index (χ4n) is 4.89. The standard InChI is InChI=1S/C21H26O5/c1-20-9-6-10-21(2,19(23)26-5)17(20)8-7-13-11-16(24-3)14(12-15(13)20)18(22)25-4/h7-8,11-12,17H,6,9-10H2,1-5H3/t17-,20-,21+/m1/s1. The van der Waals surface area contributed by atoms with Crippen LogP contribution in [-0.4, -0.2) is 33.3 Å². The van der Waals surface area contributed by atoms with Crippen LogP contribution in [0.25, 0.3) is 6.08 Å². The van der Waals surface area contributed by atoms with Crippen LogP contribution in [0.15, 0.2) is 18.2 Å². The molecule has 1 fully saturated rings. The fourth-order valence-corrected chi connectivity index (χ4v) is 4.89. The molecule has 1 saturated carbocycles. The minimum Gasteiger partial charge on any atom is -0.496 e. The van der Waals surface area contributed by atoms with Gasteiger partial charge in [-0.2, -0.15) is 0 Å². The first-order chi connectivity index (χ1) is 12.3. The molecule has 2 aliphatic rings. The average molecular weight is 358 g/mol. The van der Waals surface area contributed by atoms with Gasteiger partial charge in [-0.15, -0.1) is 0 Å². The maximum atomic E-state index is 12.6. The van der Waals surface area contributed by atoms with Crippen molar-refractivity contribution in [2.24, 2.45) is 11.3 Å². The van der Waals surface area contributed by atoms with E-state index >= 15 is 0 Å². The Balaban J connectivity index is 2.18. The highest BCUT2D eigenvalue weighted by Crippen LogP contribution is 2.56. The van der Waals surface area contributed by atoms with Crippen LogP contribution in [0.5, 0.6) is 5.75 Å². The molecule has 1 aromatic rings. The molecule has 5 nitrogen and oxygen atoms in total. The van der Waals surface area contributed by atoms with Gasteiger partial charge in [0, 0.05) is 11.3 Å². The van der Waals surface area contributed by atoms with Crippen molar-refractivity contribution >= 4 is 18.0 Å². The van der Waals surface area contributed by atoms with E-state index in [0.717, 1.165) is 30.4 Å². The van der Waals surface area contributed by atoms with Gasteiger partial charge in [-0.25, -0.2) is 4.79 Å². The maximum absolute atomic E-state index is 12.6. The Morgan fingerprint density at radius 2 is 1.81 bits per heavy atom. The molecule has 0 saturated heterocycles. The van der Waals surface area contributed by atoms with Crippen LogP contribution in [0, 0.1) is 11.3 Å². The highest BCUT2D eigenvalue weighted by molar-refractivity contribution is 5.93. The van der Waals surface area contributed by atoms with Crippen molar-refractivity contribution in [1.29, 1.82) is 0 Å². The summed E-state index contributed by atoms with van der Waals surface area (Å²) in [6.07, 6.45) is 6.80. The topological polar surface area (TPSA) is 61.8 Å². The van der Waals surface area contributed by atoms with Crippen molar-refractivity contribution in [2.75, 3.05) is 21.3 Å². The van der Waals surface area contributed by atoms with E-state index < -0.39 is 11.4 Å². The third-order valence-corrected chi connectivity index (χ3v) is 6.28. The van der Waals surface area contributed by atoms with Crippen LogP contribution in [0.1, 0.15) is 54.6 Å². The van der Waals surface area contributed by atoms with Crippen molar-refractivity contribution in [3.05, 3.63) is 34.9 Å². The van der Waals surface area contributed by atoms with Gasteiger partial charge in [0.1, 0.15) is 11.3 Å². The second-order valence-electron chi connectivity index (χ2n) is 7.65. The fraction of sp³-hybridized carbons (Fsp3) is 0.524. The van der Waals surface area contributed by atoms with E-state index in [1.807, 2.05) is 25.1 Å². The van der Waals surface area contributed by atoms with Crippen LogP contribution in [0.3, 0.4) is 0 Å². The normalized spacial score (nSPS) is 29.3. The molecule has 140 valence electrons. The lowest BCUT2D eigenvalue weighted by Gasteiger charge is -2.51. The molecule has 0 aliphatic heterocycles. The highest BCUT2D eigenvalue weighted by Gasteiger charge is 2.54. The zero-order chi connectivity index (χ0) is 19.1. The summed E-state index contributed by atoms with van der Waals surface area (Å²) in [6.45, 7) is 4.16. The molecule has 1 aromatic carbocycles. The second kappa shape index (κ2) is 6.45. The van der Waals surface area contributed by atoms with Crippen molar-refractivity contribution in [3.63, 3.8) is 0 Å². The van der Waals surface area contributed by atoms with Gasteiger partial charge >= 0.3 is 11.9 Å². The molecule has 0 radical (unpaired) electrons. The van der Waals surface area contributed by atoms with Crippen LogP contribution >= 0.6 is 0 Å². The van der Waals surface area contributed by atoms with Gasteiger partial charge in [0.15, 0.2) is 0 Å². The summed E-state index contributed by atoms with van der Waals surface area (Å²) in [5.41, 5.74) is 1.64. The summed E-state index contributed by atoms with van der Waals surface area (Å²) in [7, 11) is 4.35. The third kappa shape index (κ3) is 2.52. The van der Waals surface area contributed by atoms with E-state index in [0.29, 0.717) is 11.3 Å². The number of hydrogen-bond donors (Lipinski definition) is 0. The van der Waals surface area contributed by atoms with Crippen molar-refractivity contribution in [3.8, 4) is 5.75 Å². The molecule has 0 unspecified atom stereocenters. The number of carbonyl (C=O) groups excluding carboxylic acids is 2. The van der Waals surface area contributed by atoms with E-state index in [2.05, 4.69) is 13.0 Å². The summed E-state index contributed by atoms with van der Waals surface area (Å²) in [6, 6.07) is 3.75. The maximum Gasteiger partial charge on any atom is 0.341 e. The van der Waals surface area contributed by atoms with Gasteiger partial charge in [0.2, 0.25) is 0 Å². The van der Waals surface area contributed by atoms with E-state index in [9.17, 15) is 9.59 Å². The van der Waals surface area contributed by atoms with Gasteiger partial charge in [0.25, 0.3) is 0 Å². The summed E-state index contributed by atoms with van der Waals surface area (Å²) in [5, 5.41) is 0. The number of methoxy groups -OCH3 is 3.